The highest BCUT2D eigenvalue weighted by Gasteiger charge is 2.32. The highest BCUT2D eigenvalue weighted by Crippen LogP contribution is 2.25. The van der Waals surface area contributed by atoms with E-state index in [4.69, 9.17) is 5.11 Å². The SMILES string of the molecule is CCCCCCCCCCCCCNC(=O)C(CC)C(CCCCC(CC(=O)O)C(=O)O)C(=O)NCCCCCCCCCCCCC. The minimum atomic E-state index is -1.12. The Hall–Kier alpha value is -2.12. The van der Waals surface area contributed by atoms with Crippen molar-refractivity contribution in [2.45, 2.75) is 201 Å². The Balaban J connectivity index is 4.71. The lowest BCUT2D eigenvalue weighted by molar-refractivity contribution is -0.148. The molecule has 8 nitrogen and oxygen atoms in total. The molecule has 0 fully saturated rings. The van der Waals surface area contributed by atoms with Crippen LogP contribution in [0.1, 0.15) is 201 Å². The van der Waals surface area contributed by atoms with Crippen molar-refractivity contribution in [2.75, 3.05) is 13.1 Å². The molecule has 0 heterocycles. The summed E-state index contributed by atoms with van der Waals surface area (Å²) in [5, 5.41) is 24.6. The van der Waals surface area contributed by atoms with Gasteiger partial charge in [-0.2, -0.15) is 0 Å². The summed E-state index contributed by atoms with van der Waals surface area (Å²) in [5.74, 6) is -4.26. The maximum absolute atomic E-state index is 13.4. The number of hydrogen-bond acceptors (Lipinski definition) is 4. The fourth-order valence-corrected chi connectivity index (χ4v) is 6.71. The van der Waals surface area contributed by atoms with Crippen LogP contribution in [-0.4, -0.2) is 47.1 Å². The van der Waals surface area contributed by atoms with Gasteiger partial charge in [-0.15, -0.1) is 0 Å². The summed E-state index contributed by atoms with van der Waals surface area (Å²) < 4.78 is 0. The molecule has 0 aliphatic heterocycles. The van der Waals surface area contributed by atoms with Gasteiger partial charge in [-0.1, -0.05) is 162 Å². The van der Waals surface area contributed by atoms with E-state index in [1.54, 1.807) is 0 Å². The average Bonchev–Trinajstić information content (AvgIpc) is 3.06. The number of carbonyl (C=O) groups excluding carboxylic acids is 2. The molecule has 48 heavy (non-hydrogen) atoms. The van der Waals surface area contributed by atoms with Crippen molar-refractivity contribution in [2.24, 2.45) is 17.8 Å². The zero-order chi connectivity index (χ0) is 35.7. The number of carbonyl (C=O) groups is 4. The van der Waals surface area contributed by atoms with Crippen molar-refractivity contribution in [1.82, 2.24) is 10.6 Å². The third kappa shape index (κ3) is 26.8. The molecule has 0 bridgehead atoms. The van der Waals surface area contributed by atoms with Crippen molar-refractivity contribution < 1.29 is 29.4 Å². The van der Waals surface area contributed by atoms with E-state index in [1.165, 1.54) is 116 Å². The molecule has 282 valence electrons. The van der Waals surface area contributed by atoms with Crippen LogP contribution >= 0.6 is 0 Å². The third-order valence-corrected chi connectivity index (χ3v) is 9.85. The number of unbranched alkanes of at least 4 members (excludes halogenated alkanes) is 21. The maximum atomic E-state index is 13.4. The lowest BCUT2D eigenvalue weighted by atomic mass is 9.83. The van der Waals surface area contributed by atoms with Gasteiger partial charge in [-0.3, -0.25) is 19.2 Å². The molecule has 0 aliphatic rings. The summed E-state index contributed by atoms with van der Waals surface area (Å²) in [6.07, 6.45) is 29.4. The summed E-state index contributed by atoms with van der Waals surface area (Å²) in [6.45, 7) is 7.66. The quantitative estimate of drug-likeness (QED) is 0.0487. The molecule has 0 aromatic rings. The number of aliphatic carboxylic acids is 2. The molecule has 0 aliphatic carbocycles. The van der Waals surface area contributed by atoms with E-state index >= 15 is 0 Å². The normalized spacial score (nSPS) is 13.1. The number of carboxylic acids is 2. The molecule has 0 aromatic heterocycles. The lowest BCUT2D eigenvalue weighted by Crippen LogP contribution is -2.42. The van der Waals surface area contributed by atoms with Crippen LogP contribution in [0.4, 0.5) is 0 Å². The Morgan fingerprint density at radius 2 is 0.812 bits per heavy atom. The predicted molar refractivity (Wildman–Crippen MR) is 198 cm³/mol. The monoisotopic (exact) mass is 681 g/mol. The standard InChI is InChI=1S/C40H76N2O6/c1-4-7-9-11-13-15-17-19-21-23-27-31-41-38(45)35(6-3)36(30-26-25-29-34(40(47)48)33-37(43)44)39(46)42-32-28-24-22-20-18-16-14-12-10-8-5-2/h34-36H,4-33H2,1-3H3,(H,41,45)(H,42,46)(H,43,44)(H,47,48). The molecule has 0 radical (unpaired) electrons. The van der Waals surface area contributed by atoms with Gasteiger partial charge < -0.3 is 20.8 Å². The topological polar surface area (TPSA) is 133 Å². The minimum Gasteiger partial charge on any atom is -0.481 e. The zero-order valence-corrected chi connectivity index (χ0v) is 31.5. The van der Waals surface area contributed by atoms with Gasteiger partial charge in [0.25, 0.3) is 0 Å². The molecule has 2 amide bonds. The van der Waals surface area contributed by atoms with Crippen molar-refractivity contribution in [3.63, 3.8) is 0 Å². The summed E-state index contributed by atoms with van der Waals surface area (Å²) in [5.41, 5.74) is 0. The van der Waals surface area contributed by atoms with Gasteiger partial charge >= 0.3 is 11.9 Å². The molecule has 0 rings (SSSR count). The molecule has 8 heteroatoms. The van der Waals surface area contributed by atoms with E-state index in [-0.39, 0.29) is 18.2 Å². The van der Waals surface area contributed by atoms with E-state index in [9.17, 15) is 24.3 Å². The van der Waals surface area contributed by atoms with Gasteiger partial charge in [0.15, 0.2) is 0 Å². The van der Waals surface area contributed by atoms with Crippen LogP contribution in [0.25, 0.3) is 0 Å². The maximum Gasteiger partial charge on any atom is 0.307 e. The summed E-state index contributed by atoms with van der Waals surface area (Å²) in [4.78, 5) is 49.3. The largest absolute Gasteiger partial charge is 0.481 e. The van der Waals surface area contributed by atoms with E-state index < -0.39 is 36.1 Å². The van der Waals surface area contributed by atoms with Crippen molar-refractivity contribution in [3.8, 4) is 0 Å². The van der Waals surface area contributed by atoms with Crippen molar-refractivity contribution >= 4 is 23.8 Å². The number of nitrogens with one attached hydrogen (secondary N) is 2. The molecule has 0 saturated heterocycles. The number of rotatable bonds is 36. The van der Waals surface area contributed by atoms with Crippen LogP contribution < -0.4 is 10.6 Å². The third-order valence-electron chi connectivity index (χ3n) is 9.85. The predicted octanol–water partition coefficient (Wildman–Crippen LogP) is 10.2. The fourth-order valence-electron chi connectivity index (χ4n) is 6.71. The smallest absolute Gasteiger partial charge is 0.307 e. The first-order valence-corrected chi connectivity index (χ1v) is 20.3. The molecule has 3 atom stereocenters. The van der Waals surface area contributed by atoms with Crippen LogP contribution in [0, 0.1) is 17.8 Å². The summed E-state index contributed by atoms with van der Waals surface area (Å²) in [7, 11) is 0. The molecule has 3 unspecified atom stereocenters. The summed E-state index contributed by atoms with van der Waals surface area (Å²) in [6, 6.07) is 0. The molecule has 4 N–H and O–H groups in total. The Morgan fingerprint density at radius 1 is 0.458 bits per heavy atom. The Morgan fingerprint density at radius 3 is 1.17 bits per heavy atom. The number of carboxylic acid groups (broad SMARTS) is 2. The molecule has 0 saturated carbocycles. The Kier molecular flexibility index (Phi) is 31.9. The van der Waals surface area contributed by atoms with Crippen LogP contribution in [0.15, 0.2) is 0 Å². The van der Waals surface area contributed by atoms with Gasteiger partial charge in [0.1, 0.15) is 0 Å². The minimum absolute atomic E-state index is 0.0753. The van der Waals surface area contributed by atoms with Gasteiger partial charge in [-0.05, 0) is 32.1 Å². The first-order chi connectivity index (χ1) is 23.3. The molecular formula is C40H76N2O6. The van der Waals surface area contributed by atoms with Gasteiger partial charge in [-0.25, -0.2) is 0 Å². The van der Waals surface area contributed by atoms with Crippen LogP contribution in [-0.2, 0) is 19.2 Å². The first-order valence-electron chi connectivity index (χ1n) is 20.3. The zero-order valence-electron chi connectivity index (χ0n) is 31.5. The van der Waals surface area contributed by atoms with Crippen LogP contribution in [0.2, 0.25) is 0 Å². The lowest BCUT2D eigenvalue weighted by Gasteiger charge is -2.25. The Labute approximate surface area is 294 Å². The molecular weight excluding hydrogens is 604 g/mol. The second-order valence-electron chi connectivity index (χ2n) is 14.2. The number of amides is 2. The van der Waals surface area contributed by atoms with Crippen molar-refractivity contribution in [3.05, 3.63) is 0 Å². The highest BCUT2D eigenvalue weighted by molar-refractivity contribution is 5.87. The van der Waals surface area contributed by atoms with Gasteiger partial charge in [0, 0.05) is 24.9 Å². The molecule has 0 aromatic carbocycles. The Bertz CT molecular complexity index is 805. The van der Waals surface area contributed by atoms with E-state index in [1.807, 2.05) is 6.92 Å². The van der Waals surface area contributed by atoms with Gasteiger partial charge in [0.2, 0.25) is 11.8 Å². The first kappa shape index (κ1) is 45.9. The average molecular weight is 681 g/mol. The van der Waals surface area contributed by atoms with E-state index in [0.717, 1.165) is 25.7 Å². The second kappa shape index (κ2) is 33.4. The second-order valence-corrected chi connectivity index (χ2v) is 14.2. The van der Waals surface area contributed by atoms with Crippen LogP contribution in [0.5, 0.6) is 0 Å². The van der Waals surface area contributed by atoms with E-state index in [0.29, 0.717) is 38.8 Å². The highest BCUT2D eigenvalue weighted by atomic mass is 16.4. The van der Waals surface area contributed by atoms with E-state index in [2.05, 4.69) is 24.5 Å². The van der Waals surface area contributed by atoms with Crippen molar-refractivity contribution in [1.29, 1.82) is 0 Å². The van der Waals surface area contributed by atoms with Crippen LogP contribution in [0.3, 0.4) is 0 Å². The molecule has 0 spiro atoms. The van der Waals surface area contributed by atoms with Gasteiger partial charge in [0.05, 0.1) is 12.3 Å². The fraction of sp³-hybridized carbons (Fsp3) is 0.900. The number of hydrogen-bond donors (Lipinski definition) is 4. The summed E-state index contributed by atoms with van der Waals surface area (Å²) >= 11 is 0.